The minimum absolute atomic E-state index is 0. The maximum absolute atomic E-state index is 12.4. The van der Waals surface area contributed by atoms with E-state index in [2.05, 4.69) is 9.71 Å². The molecule has 0 aliphatic heterocycles. The van der Waals surface area contributed by atoms with E-state index in [4.69, 9.17) is 5.73 Å². The minimum atomic E-state index is -4.60. The predicted octanol–water partition coefficient (Wildman–Crippen LogP) is 2.32. The number of halogens is 4. The second-order valence-electron chi connectivity index (χ2n) is 4.77. The van der Waals surface area contributed by atoms with Crippen molar-refractivity contribution in [3.8, 4) is 0 Å². The van der Waals surface area contributed by atoms with Gasteiger partial charge < -0.3 is 5.73 Å². The predicted molar refractivity (Wildman–Crippen MR) is 79.2 cm³/mol. The summed E-state index contributed by atoms with van der Waals surface area (Å²) < 4.78 is 63.4. The lowest BCUT2D eigenvalue weighted by Crippen LogP contribution is -2.49. The Morgan fingerprint density at radius 2 is 1.77 bits per heavy atom. The number of pyridine rings is 1. The standard InChI is InChI=1S/C12H18F3N3O2S.ClH/c1-3-11(16,4-2)8-18-21(19,20)9-5-6-10(17-7-9)12(13,14)15;/h5-7,18H,3-4,8,16H2,1-2H3;1H. The molecular formula is C12H19ClF3N3O2S. The number of nitrogens with two attached hydrogens (primary N) is 1. The Kier molecular flexibility index (Phi) is 7.27. The van der Waals surface area contributed by atoms with Crippen LogP contribution in [-0.2, 0) is 16.2 Å². The summed E-state index contributed by atoms with van der Waals surface area (Å²) >= 11 is 0. The van der Waals surface area contributed by atoms with E-state index in [0.29, 0.717) is 25.1 Å². The number of rotatable bonds is 6. The minimum Gasteiger partial charge on any atom is -0.324 e. The van der Waals surface area contributed by atoms with Crippen molar-refractivity contribution in [3.63, 3.8) is 0 Å². The average Bonchev–Trinajstić information content (AvgIpc) is 2.44. The van der Waals surface area contributed by atoms with E-state index in [1.165, 1.54) is 0 Å². The van der Waals surface area contributed by atoms with Gasteiger partial charge in [-0.25, -0.2) is 13.1 Å². The summed E-state index contributed by atoms with van der Waals surface area (Å²) in [6.45, 7) is 3.66. The molecule has 0 amide bonds. The molecule has 0 atom stereocenters. The van der Waals surface area contributed by atoms with Gasteiger partial charge in [0.05, 0.1) is 0 Å². The molecular weight excluding hydrogens is 343 g/mol. The summed E-state index contributed by atoms with van der Waals surface area (Å²) in [6.07, 6.45) is -2.79. The quantitative estimate of drug-likeness (QED) is 0.814. The van der Waals surface area contributed by atoms with Gasteiger partial charge in [0.2, 0.25) is 10.0 Å². The Labute approximate surface area is 134 Å². The number of aromatic nitrogens is 1. The monoisotopic (exact) mass is 361 g/mol. The zero-order chi connectivity index (χ0) is 16.3. The van der Waals surface area contributed by atoms with Gasteiger partial charge in [-0.15, -0.1) is 12.4 Å². The summed E-state index contributed by atoms with van der Waals surface area (Å²) in [6, 6.07) is 1.50. The highest BCUT2D eigenvalue weighted by Gasteiger charge is 2.32. The number of sulfonamides is 1. The van der Waals surface area contributed by atoms with E-state index in [9.17, 15) is 21.6 Å². The van der Waals surface area contributed by atoms with Crippen molar-refractivity contribution in [2.24, 2.45) is 5.73 Å². The van der Waals surface area contributed by atoms with E-state index in [-0.39, 0.29) is 23.8 Å². The molecule has 0 fully saturated rings. The number of nitrogens with one attached hydrogen (secondary N) is 1. The average molecular weight is 362 g/mol. The molecule has 1 rings (SSSR count). The second kappa shape index (κ2) is 7.58. The van der Waals surface area contributed by atoms with E-state index in [0.717, 1.165) is 6.07 Å². The van der Waals surface area contributed by atoms with Crippen molar-refractivity contribution in [2.45, 2.75) is 43.3 Å². The molecule has 1 aromatic rings. The first-order chi connectivity index (χ1) is 9.54. The first kappa shape index (κ1) is 21.1. The van der Waals surface area contributed by atoms with Crippen LogP contribution >= 0.6 is 12.4 Å². The zero-order valence-electron chi connectivity index (χ0n) is 12.1. The van der Waals surface area contributed by atoms with Crippen LogP contribution in [0.5, 0.6) is 0 Å². The number of alkyl halides is 3. The summed E-state index contributed by atoms with van der Waals surface area (Å²) in [5.74, 6) is 0. The van der Waals surface area contributed by atoms with Crippen LogP contribution in [0.25, 0.3) is 0 Å². The molecule has 10 heteroatoms. The van der Waals surface area contributed by atoms with Crippen LogP contribution in [0, 0.1) is 0 Å². The highest BCUT2D eigenvalue weighted by molar-refractivity contribution is 7.89. The third-order valence-electron chi connectivity index (χ3n) is 3.36. The van der Waals surface area contributed by atoms with Gasteiger partial charge in [0.1, 0.15) is 10.6 Å². The van der Waals surface area contributed by atoms with Gasteiger partial charge in [0, 0.05) is 18.3 Å². The molecule has 0 saturated carbocycles. The molecule has 128 valence electrons. The van der Waals surface area contributed by atoms with E-state index < -0.39 is 27.4 Å². The fourth-order valence-corrected chi connectivity index (χ4v) is 2.61. The lowest BCUT2D eigenvalue weighted by atomic mass is 9.95. The Morgan fingerprint density at radius 3 is 2.14 bits per heavy atom. The van der Waals surface area contributed by atoms with E-state index >= 15 is 0 Å². The van der Waals surface area contributed by atoms with Crippen molar-refractivity contribution in [3.05, 3.63) is 24.0 Å². The van der Waals surface area contributed by atoms with Crippen LogP contribution in [-0.4, -0.2) is 25.5 Å². The second-order valence-corrected chi connectivity index (χ2v) is 6.54. The Morgan fingerprint density at radius 1 is 1.23 bits per heavy atom. The molecule has 0 bridgehead atoms. The molecule has 0 saturated heterocycles. The molecule has 0 unspecified atom stereocenters. The highest BCUT2D eigenvalue weighted by Crippen LogP contribution is 2.27. The lowest BCUT2D eigenvalue weighted by molar-refractivity contribution is -0.141. The maximum atomic E-state index is 12.4. The molecule has 0 radical (unpaired) electrons. The molecule has 0 aliphatic rings. The third-order valence-corrected chi connectivity index (χ3v) is 4.75. The van der Waals surface area contributed by atoms with Crippen LogP contribution in [0.15, 0.2) is 23.2 Å². The first-order valence-corrected chi connectivity index (χ1v) is 7.84. The fourth-order valence-electron chi connectivity index (χ4n) is 1.53. The van der Waals surface area contributed by atoms with Gasteiger partial charge in [-0.3, -0.25) is 4.98 Å². The number of hydrogen-bond donors (Lipinski definition) is 2. The zero-order valence-corrected chi connectivity index (χ0v) is 13.8. The van der Waals surface area contributed by atoms with E-state index in [1.54, 1.807) is 0 Å². The van der Waals surface area contributed by atoms with Crippen LogP contribution in [0.1, 0.15) is 32.4 Å². The summed E-state index contributed by atoms with van der Waals surface area (Å²) in [7, 11) is -3.94. The van der Waals surface area contributed by atoms with Crippen LogP contribution in [0.4, 0.5) is 13.2 Å². The molecule has 1 heterocycles. The van der Waals surface area contributed by atoms with Crippen LogP contribution < -0.4 is 10.5 Å². The summed E-state index contributed by atoms with van der Waals surface area (Å²) in [5.41, 5.74) is 4.14. The van der Waals surface area contributed by atoms with Gasteiger partial charge >= 0.3 is 6.18 Å². The molecule has 22 heavy (non-hydrogen) atoms. The van der Waals surface area contributed by atoms with Crippen LogP contribution in [0.2, 0.25) is 0 Å². The van der Waals surface area contributed by atoms with Crippen molar-refractivity contribution >= 4 is 22.4 Å². The largest absolute Gasteiger partial charge is 0.433 e. The number of hydrogen-bond acceptors (Lipinski definition) is 4. The van der Waals surface area contributed by atoms with Crippen LogP contribution in [0.3, 0.4) is 0 Å². The Hall–Kier alpha value is -0.900. The molecule has 3 N–H and O–H groups in total. The van der Waals surface area contributed by atoms with Gasteiger partial charge in [0.25, 0.3) is 0 Å². The molecule has 0 aliphatic carbocycles. The van der Waals surface area contributed by atoms with Crippen molar-refractivity contribution < 1.29 is 21.6 Å². The molecule has 5 nitrogen and oxygen atoms in total. The Balaban J connectivity index is 0.00000441. The molecule has 0 aromatic carbocycles. The molecule has 0 spiro atoms. The fraction of sp³-hybridized carbons (Fsp3) is 0.583. The number of nitrogens with zero attached hydrogens (tertiary/aromatic N) is 1. The SMILES string of the molecule is CCC(N)(CC)CNS(=O)(=O)c1ccc(C(F)(F)F)nc1.Cl. The first-order valence-electron chi connectivity index (χ1n) is 6.36. The topological polar surface area (TPSA) is 85.1 Å². The van der Waals surface area contributed by atoms with Gasteiger partial charge in [-0.05, 0) is 25.0 Å². The molecule has 1 aromatic heterocycles. The van der Waals surface area contributed by atoms with Gasteiger partial charge in [-0.1, -0.05) is 13.8 Å². The highest BCUT2D eigenvalue weighted by atomic mass is 35.5. The smallest absolute Gasteiger partial charge is 0.324 e. The summed E-state index contributed by atoms with van der Waals surface area (Å²) in [5, 5.41) is 0. The Bertz CT molecular complexity index is 572. The lowest BCUT2D eigenvalue weighted by Gasteiger charge is -2.26. The van der Waals surface area contributed by atoms with Crippen molar-refractivity contribution in [1.82, 2.24) is 9.71 Å². The van der Waals surface area contributed by atoms with Crippen molar-refractivity contribution in [1.29, 1.82) is 0 Å². The van der Waals surface area contributed by atoms with E-state index in [1.807, 2.05) is 13.8 Å². The summed E-state index contributed by atoms with van der Waals surface area (Å²) in [4.78, 5) is 2.80. The van der Waals surface area contributed by atoms with Gasteiger partial charge in [0.15, 0.2) is 0 Å². The maximum Gasteiger partial charge on any atom is 0.433 e. The van der Waals surface area contributed by atoms with Crippen molar-refractivity contribution in [2.75, 3.05) is 6.54 Å². The normalized spacial score (nSPS) is 12.8. The third kappa shape index (κ3) is 5.38. The van der Waals surface area contributed by atoms with Gasteiger partial charge in [-0.2, -0.15) is 13.2 Å².